The van der Waals surface area contributed by atoms with E-state index in [1.807, 2.05) is 39.0 Å². The molecular formula is C28H39N3O3S. The van der Waals surface area contributed by atoms with Gasteiger partial charge in [-0.15, -0.1) is 11.3 Å². The van der Waals surface area contributed by atoms with E-state index in [9.17, 15) is 14.4 Å². The topological polar surface area (TPSA) is 71.4 Å². The zero-order valence-electron chi connectivity index (χ0n) is 21.7. The number of thiazole rings is 1. The first-order valence-electron chi connectivity index (χ1n) is 12.7. The zero-order valence-corrected chi connectivity index (χ0v) is 22.5. The summed E-state index contributed by atoms with van der Waals surface area (Å²) in [6.45, 7) is 11.6. The summed E-state index contributed by atoms with van der Waals surface area (Å²) in [6.07, 6.45) is 8.76. The largest absolute Gasteiger partial charge is 0.372 e. The minimum atomic E-state index is -0.570. The molecule has 1 aliphatic rings. The third-order valence-electron chi connectivity index (χ3n) is 6.52. The number of hydrogen-bond acceptors (Lipinski definition) is 5. The van der Waals surface area contributed by atoms with E-state index < -0.39 is 5.41 Å². The lowest BCUT2D eigenvalue weighted by Gasteiger charge is -2.22. The maximum atomic E-state index is 13.3. The van der Waals surface area contributed by atoms with E-state index in [-0.39, 0.29) is 29.8 Å². The van der Waals surface area contributed by atoms with Crippen molar-refractivity contribution in [2.45, 2.75) is 79.3 Å². The first kappa shape index (κ1) is 26.9. The summed E-state index contributed by atoms with van der Waals surface area (Å²) in [4.78, 5) is 41.2. The van der Waals surface area contributed by atoms with Gasteiger partial charge in [0, 0.05) is 36.3 Å². The molecule has 0 atom stereocenters. The van der Waals surface area contributed by atoms with Crippen molar-refractivity contribution < 1.29 is 9.59 Å². The Balaban J connectivity index is 1.97. The van der Waals surface area contributed by atoms with Gasteiger partial charge in [0.05, 0.1) is 4.53 Å². The molecule has 35 heavy (non-hydrogen) atoms. The van der Waals surface area contributed by atoms with Crippen LogP contribution in [0.1, 0.15) is 72.3 Å². The molecule has 0 bridgehead atoms. The molecule has 0 unspecified atom stereocenters. The molecule has 3 rings (SSSR count). The summed E-state index contributed by atoms with van der Waals surface area (Å²) in [5.41, 5.74) is 1.24. The Morgan fingerprint density at radius 3 is 2.29 bits per heavy atom. The van der Waals surface area contributed by atoms with Crippen LogP contribution < -0.4 is 25.0 Å². The van der Waals surface area contributed by atoms with Crippen LogP contribution in [0.3, 0.4) is 0 Å². The van der Waals surface area contributed by atoms with Crippen molar-refractivity contribution in [3.8, 4) is 0 Å². The predicted molar refractivity (Wildman–Crippen MR) is 145 cm³/mol. The van der Waals surface area contributed by atoms with Crippen molar-refractivity contribution in [3.05, 3.63) is 49.4 Å². The Labute approximate surface area is 212 Å². The molecule has 0 spiro atoms. The molecule has 0 radical (unpaired) electrons. The molecule has 1 aromatic carbocycles. The normalized spacial score (nSPS) is 15.9. The van der Waals surface area contributed by atoms with E-state index >= 15 is 0 Å². The SMILES string of the molecule is CCN(CC)c1ccc(C=c2sc(=CC(=O)C(C)(C)C)n(CC(=O)NC3CCCCC3)c2=O)cc1. The molecule has 1 N–H and O–H groups in total. The fourth-order valence-corrected chi connectivity index (χ4v) is 5.35. The molecule has 1 aliphatic carbocycles. The lowest BCUT2D eigenvalue weighted by molar-refractivity contribution is -0.123. The predicted octanol–water partition coefficient (Wildman–Crippen LogP) is 3.43. The highest BCUT2D eigenvalue weighted by Gasteiger charge is 2.21. The Morgan fingerprint density at radius 1 is 1.09 bits per heavy atom. The number of carbonyl (C=O) groups is 2. The number of nitrogens with zero attached hydrogens (tertiary/aromatic N) is 2. The van der Waals surface area contributed by atoms with Crippen LogP contribution >= 0.6 is 11.3 Å². The van der Waals surface area contributed by atoms with Gasteiger partial charge in [0.15, 0.2) is 5.78 Å². The Hall–Kier alpha value is -2.67. The lowest BCUT2D eigenvalue weighted by Crippen LogP contribution is -2.42. The highest BCUT2D eigenvalue weighted by Crippen LogP contribution is 2.18. The molecule has 0 aliphatic heterocycles. The van der Waals surface area contributed by atoms with E-state index in [1.165, 1.54) is 28.4 Å². The molecule has 1 heterocycles. The molecule has 1 aromatic heterocycles. The summed E-state index contributed by atoms with van der Waals surface area (Å²) >= 11 is 1.26. The van der Waals surface area contributed by atoms with Gasteiger partial charge in [-0.1, -0.05) is 52.2 Å². The van der Waals surface area contributed by atoms with Gasteiger partial charge >= 0.3 is 0 Å². The summed E-state index contributed by atoms with van der Waals surface area (Å²) < 4.78 is 2.47. The molecule has 6 nitrogen and oxygen atoms in total. The van der Waals surface area contributed by atoms with Crippen LogP contribution in [0.4, 0.5) is 5.69 Å². The second-order valence-electron chi connectivity index (χ2n) is 10.3. The summed E-state index contributed by atoms with van der Waals surface area (Å²) in [5.74, 6) is -0.250. The van der Waals surface area contributed by atoms with Crippen molar-refractivity contribution >= 4 is 40.9 Å². The minimum absolute atomic E-state index is 0.0738. The van der Waals surface area contributed by atoms with Crippen LogP contribution in [0.5, 0.6) is 0 Å². The van der Waals surface area contributed by atoms with Gasteiger partial charge in [0.1, 0.15) is 11.2 Å². The van der Waals surface area contributed by atoms with Gasteiger partial charge in [0.2, 0.25) is 5.91 Å². The van der Waals surface area contributed by atoms with Crippen molar-refractivity contribution in [1.82, 2.24) is 9.88 Å². The molecule has 1 saturated carbocycles. The number of amides is 1. The highest BCUT2D eigenvalue weighted by molar-refractivity contribution is 7.07. The third-order valence-corrected chi connectivity index (χ3v) is 7.58. The second-order valence-corrected chi connectivity index (χ2v) is 11.3. The molecule has 190 valence electrons. The Morgan fingerprint density at radius 2 is 1.71 bits per heavy atom. The Kier molecular flexibility index (Phi) is 9.11. The van der Waals surface area contributed by atoms with Crippen molar-refractivity contribution in [2.75, 3.05) is 18.0 Å². The fraction of sp³-hybridized carbons (Fsp3) is 0.536. The van der Waals surface area contributed by atoms with Crippen molar-refractivity contribution in [1.29, 1.82) is 0 Å². The van der Waals surface area contributed by atoms with Gasteiger partial charge in [0.25, 0.3) is 5.56 Å². The van der Waals surface area contributed by atoms with Crippen LogP contribution in [0, 0.1) is 5.41 Å². The maximum absolute atomic E-state index is 13.3. The molecular weight excluding hydrogens is 458 g/mol. The standard InChI is InChI=1S/C28H39N3O3S/c1-6-30(7-2)22-15-13-20(14-16-22)17-23-27(34)31(26(35-23)18-24(32)28(3,4)5)19-25(33)29-21-11-9-8-10-12-21/h13-18,21H,6-12,19H2,1-5H3,(H,29,33). The molecule has 1 fully saturated rings. The fourth-order valence-electron chi connectivity index (χ4n) is 4.31. The number of benzene rings is 1. The zero-order chi connectivity index (χ0) is 25.6. The van der Waals surface area contributed by atoms with Crippen molar-refractivity contribution in [2.24, 2.45) is 5.41 Å². The van der Waals surface area contributed by atoms with Gasteiger partial charge in [-0.3, -0.25) is 19.0 Å². The van der Waals surface area contributed by atoms with E-state index in [1.54, 1.807) is 0 Å². The quantitative estimate of drug-likeness (QED) is 0.607. The first-order chi connectivity index (χ1) is 16.6. The number of Topliss-reactive ketones (excluding diaryl/α,β-unsaturated/α-hetero) is 1. The number of rotatable bonds is 8. The summed E-state index contributed by atoms with van der Waals surface area (Å²) in [6, 6.07) is 8.27. The number of nitrogens with one attached hydrogen (secondary N) is 1. The van der Waals surface area contributed by atoms with Gasteiger partial charge in [-0.25, -0.2) is 0 Å². The lowest BCUT2D eigenvalue weighted by atomic mass is 9.91. The highest BCUT2D eigenvalue weighted by atomic mass is 32.1. The molecule has 1 amide bonds. The van der Waals surface area contributed by atoms with E-state index in [0.29, 0.717) is 9.20 Å². The van der Waals surface area contributed by atoms with Crippen LogP contribution in [0.25, 0.3) is 12.2 Å². The average Bonchev–Trinajstić information content (AvgIpc) is 3.09. The van der Waals surface area contributed by atoms with E-state index in [4.69, 9.17) is 0 Å². The van der Waals surface area contributed by atoms with Gasteiger partial charge in [-0.05, 0) is 50.5 Å². The van der Waals surface area contributed by atoms with Gasteiger partial charge in [-0.2, -0.15) is 0 Å². The van der Waals surface area contributed by atoms with Crippen molar-refractivity contribution in [3.63, 3.8) is 0 Å². The summed E-state index contributed by atoms with van der Waals surface area (Å²) in [5, 5.41) is 3.08. The van der Waals surface area contributed by atoms with Crippen LogP contribution in [-0.4, -0.2) is 35.4 Å². The minimum Gasteiger partial charge on any atom is -0.372 e. The summed E-state index contributed by atoms with van der Waals surface area (Å²) in [7, 11) is 0. The first-order valence-corrected chi connectivity index (χ1v) is 13.6. The molecule has 7 heteroatoms. The maximum Gasteiger partial charge on any atom is 0.269 e. The number of aromatic nitrogens is 1. The molecule has 2 aromatic rings. The smallest absolute Gasteiger partial charge is 0.269 e. The van der Waals surface area contributed by atoms with Crippen LogP contribution in [0.15, 0.2) is 29.1 Å². The van der Waals surface area contributed by atoms with E-state index in [0.717, 1.165) is 50.0 Å². The second kappa shape index (κ2) is 11.8. The number of anilines is 1. The number of carbonyl (C=O) groups excluding carboxylic acids is 2. The van der Waals surface area contributed by atoms with Crippen LogP contribution in [-0.2, 0) is 16.1 Å². The van der Waals surface area contributed by atoms with Gasteiger partial charge < -0.3 is 10.2 Å². The Bertz CT molecular complexity index is 1190. The van der Waals surface area contributed by atoms with Crippen LogP contribution in [0.2, 0.25) is 0 Å². The van der Waals surface area contributed by atoms with E-state index in [2.05, 4.69) is 36.2 Å². The number of ketones is 1. The third kappa shape index (κ3) is 7.17. The average molecular weight is 498 g/mol. The monoisotopic (exact) mass is 497 g/mol. The molecule has 0 saturated heterocycles. The number of hydrogen-bond donors (Lipinski definition) is 1.